The van der Waals surface area contributed by atoms with Crippen molar-refractivity contribution in [3.05, 3.63) is 0 Å². The fourth-order valence-corrected chi connectivity index (χ4v) is 2.39. The summed E-state index contributed by atoms with van der Waals surface area (Å²) in [5.74, 6) is -0.309. The van der Waals surface area contributed by atoms with Crippen LogP contribution in [0.25, 0.3) is 0 Å². The molecule has 0 bridgehead atoms. The normalized spacial score (nSPS) is 23.3. The highest BCUT2D eigenvalue weighted by Crippen LogP contribution is 2.30. The zero-order chi connectivity index (χ0) is 13.4. The largest absolute Gasteiger partial charge is 0.779 e. The van der Waals surface area contributed by atoms with E-state index in [1.54, 1.807) is 0 Å². The average molecular weight is 279 g/mol. The second kappa shape index (κ2) is 7.89. The van der Waals surface area contributed by atoms with Crippen molar-refractivity contribution in [3.8, 4) is 0 Å². The Balaban J connectivity index is 2.01. The Bertz CT molecular complexity index is 294. The second-order valence-electron chi connectivity index (χ2n) is 4.46. The van der Waals surface area contributed by atoms with Crippen molar-refractivity contribution in [1.29, 1.82) is 0 Å². The smallest absolute Gasteiger partial charge is 0.308 e. The molecule has 0 spiro atoms. The predicted octanol–water partition coefficient (Wildman–Crippen LogP) is 1.16. The summed E-state index contributed by atoms with van der Waals surface area (Å²) in [5.41, 5.74) is 0. The quantitative estimate of drug-likeness (QED) is 0.427. The molecule has 1 aliphatic heterocycles. The van der Waals surface area contributed by atoms with Gasteiger partial charge >= 0.3 is 5.97 Å². The molecule has 0 amide bonds. The summed E-state index contributed by atoms with van der Waals surface area (Å²) >= 11 is 0. The summed E-state index contributed by atoms with van der Waals surface area (Å²) in [4.78, 5) is 30.4. The monoisotopic (exact) mass is 279 g/mol. The van der Waals surface area contributed by atoms with Gasteiger partial charge in [0.2, 0.25) is 6.29 Å². The highest BCUT2D eigenvalue weighted by Gasteiger charge is 2.17. The minimum absolute atomic E-state index is 0.228. The Labute approximate surface area is 107 Å². The Morgan fingerprint density at radius 1 is 1.39 bits per heavy atom. The lowest BCUT2D eigenvalue weighted by molar-refractivity contribution is -0.193. The molecule has 0 aliphatic carbocycles. The van der Waals surface area contributed by atoms with Gasteiger partial charge in [-0.25, -0.2) is 0 Å². The highest BCUT2D eigenvalue weighted by atomic mass is 31.2. The Hall–Kier alpha value is -0.420. The minimum atomic E-state index is -4.14. The molecular formula is C11H20O6P-. The molecule has 1 rings (SSSR count). The molecule has 2 atom stereocenters. The molecule has 18 heavy (non-hydrogen) atoms. The molecule has 1 heterocycles. The summed E-state index contributed by atoms with van der Waals surface area (Å²) in [5, 5.41) is 0. The van der Waals surface area contributed by atoms with Gasteiger partial charge in [0.05, 0.1) is 6.61 Å². The highest BCUT2D eigenvalue weighted by molar-refractivity contribution is 7.50. The van der Waals surface area contributed by atoms with Crippen LogP contribution in [0.3, 0.4) is 0 Å². The number of rotatable bonds is 7. The first-order chi connectivity index (χ1) is 8.47. The van der Waals surface area contributed by atoms with Gasteiger partial charge in [-0.05, 0) is 25.7 Å². The Morgan fingerprint density at radius 3 is 2.78 bits per heavy atom. The van der Waals surface area contributed by atoms with Gasteiger partial charge in [0, 0.05) is 19.0 Å². The SMILES string of the molecule is O=C(CCCCCP(=O)([O-])O)OC1CCCCO1. The van der Waals surface area contributed by atoms with E-state index in [0.717, 1.165) is 19.3 Å². The van der Waals surface area contributed by atoms with Gasteiger partial charge in [-0.15, -0.1) is 0 Å². The third-order valence-corrected chi connectivity index (χ3v) is 3.60. The molecule has 2 unspecified atom stereocenters. The topological polar surface area (TPSA) is 95.9 Å². The van der Waals surface area contributed by atoms with Gasteiger partial charge in [0.1, 0.15) is 7.60 Å². The summed E-state index contributed by atoms with van der Waals surface area (Å²) in [6.45, 7) is 0.632. The second-order valence-corrected chi connectivity index (χ2v) is 6.18. The van der Waals surface area contributed by atoms with Crippen LogP contribution in [0, 0.1) is 0 Å². The van der Waals surface area contributed by atoms with Crippen molar-refractivity contribution >= 4 is 13.6 Å². The van der Waals surface area contributed by atoms with E-state index in [0.29, 0.717) is 25.9 Å². The summed E-state index contributed by atoms with van der Waals surface area (Å²) < 4.78 is 20.8. The fourth-order valence-electron chi connectivity index (χ4n) is 1.77. The van der Waals surface area contributed by atoms with Gasteiger partial charge in [-0.2, -0.15) is 0 Å². The number of esters is 1. The molecule has 7 heteroatoms. The van der Waals surface area contributed by atoms with Crippen LogP contribution >= 0.6 is 7.60 Å². The van der Waals surface area contributed by atoms with E-state index < -0.39 is 13.9 Å². The van der Waals surface area contributed by atoms with Crippen molar-refractivity contribution in [1.82, 2.24) is 0 Å². The van der Waals surface area contributed by atoms with Crippen molar-refractivity contribution < 1.29 is 28.6 Å². The van der Waals surface area contributed by atoms with Gasteiger partial charge in [0.25, 0.3) is 0 Å². The van der Waals surface area contributed by atoms with Crippen LogP contribution in [-0.2, 0) is 18.8 Å². The lowest BCUT2D eigenvalue weighted by Crippen LogP contribution is -2.25. The molecule has 1 fully saturated rings. The van der Waals surface area contributed by atoms with Crippen molar-refractivity contribution in [2.24, 2.45) is 0 Å². The number of unbranched alkanes of at least 4 members (excludes halogenated alkanes) is 2. The maximum atomic E-state index is 11.4. The van der Waals surface area contributed by atoms with E-state index in [9.17, 15) is 14.3 Å². The molecule has 6 nitrogen and oxygen atoms in total. The summed E-state index contributed by atoms with van der Waals surface area (Å²) in [6, 6.07) is 0. The van der Waals surface area contributed by atoms with Gasteiger partial charge < -0.3 is 23.8 Å². The first kappa shape index (κ1) is 15.6. The minimum Gasteiger partial charge on any atom is -0.779 e. The van der Waals surface area contributed by atoms with Crippen LogP contribution in [0.5, 0.6) is 0 Å². The van der Waals surface area contributed by atoms with Crippen LogP contribution in [-0.4, -0.2) is 29.9 Å². The van der Waals surface area contributed by atoms with E-state index in [2.05, 4.69) is 0 Å². The van der Waals surface area contributed by atoms with Crippen molar-refractivity contribution in [3.63, 3.8) is 0 Å². The lowest BCUT2D eigenvalue weighted by Gasteiger charge is -2.22. The van der Waals surface area contributed by atoms with Crippen molar-refractivity contribution in [2.45, 2.75) is 51.2 Å². The molecule has 1 N–H and O–H groups in total. The van der Waals surface area contributed by atoms with Crippen LogP contribution in [0.1, 0.15) is 44.9 Å². The molecule has 106 valence electrons. The maximum Gasteiger partial charge on any atom is 0.308 e. The van der Waals surface area contributed by atoms with Crippen molar-refractivity contribution in [2.75, 3.05) is 12.8 Å². The third kappa shape index (κ3) is 7.82. The number of hydrogen-bond acceptors (Lipinski definition) is 5. The predicted molar refractivity (Wildman–Crippen MR) is 62.8 cm³/mol. The van der Waals surface area contributed by atoms with Crippen LogP contribution < -0.4 is 4.89 Å². The Morgan fingerprint density at radius 2 is 2.17 bits per heavy atom. The molecular weight excluding hydrogens is 259 g/mol. The zero-order valence-corrected chi connectivity index (χ0v) is 11.3. The first-order valence-corrected chi connectivity index (χ1v) is 8.07. The fraction of sp³-hybridized carbons (Fsp3) is 0.909. The van der Waals surface area contributed by atoms with Crippen LogP contribution in [0.2, 0.25) is 0 Å². The summed E-state index contributed by atoms with van der Waals surface area (Å²) in [6.07, 6.45) is 3.88. The average Bonchev–Trinajstić information content (AvgIpc) is 2.28. The number of ether oxygens (including phenoxy) is 2. The van der Waals surface area contributed by atoms with E-state index in [1.807, 2.05) is 0 Å². The van der Waals surface area contributed by atoms with E-state index in [1.165, 1.54) is 0 Å². The number of hydrogen-bond donors (Lipinski definition) is 1. The Kier molecular flexibility index (Phi) is 6.86. The van der Waals surface area contributed by atoms with Gasteiger partial charge in [-0.3, -0.25) is 4.79 Å². The van der Waals surface area contributed by atoms with Gasteiger partial charge in [0.15, 0.2) is 0 Å². The molecule has 0 aromatic heterocycles. The zero-order valence-electron chi connectivity index (χ0n) is 10.4. The molecule has 0 aromatic rings. The first-order valence-electron chi connectivity index (χ1n) is 6.31. The van der Waals surface area contributed by atoms with E-state index in [-0.39, 0.29) is 18.6 Å². The van der Waals surface area contributed by atoms with Crippen LogP contribution in [0.15, 0.2) is 0 Å². The number of carbonyl (C=O) groups is 1. The summed E-state index contributed by atoms with van der Waals surface area (Å²) in [7, 11) is -4.14. The van der Waals surface area contributed by atoms with E-state index in [4.69, 9.17) is 14.4 Å². The molecule has 0 radical (unpaired) electrons. The maximum absolute atomic E-state index is 11.4. The van der Waals surface area contributed by atoms with E-state index >= 15 is 0 Å². The van der Waals surface area contributed by atoms with Gasteiger partial charge in [-0.1, -0.05) is 6.42 Å². The standard InChI is InChI=1S/C11H21O6P/c12-10(17-11-7-3-4-8-16-11)6-2-1-5-9-18(13,14)15/h11H,1-9H2,(H2,13,14,15)/p-1. The molecule has 1 saturated heterocycles. The lowest BCUT2D eigenvalue weighted by atomic mass is 10.2. The molecule has 1 aliphatic rings. The van der Waals surface area contributed by atoms with Crippen LogP contribution in [0.4, 0.5) is 0 Å². The molecule has 0 saturated carbocycles. The number of carbonyl (C=O) groups excluding carboxylic acids is 1. The third-order valence-electron chi connectivity index (χ3n) is 2.72. The molecule has 0 aromatic carbocycles.